The summed E-state index contributed by atoms with van der Waals surface area (Å²) in [5.74, 6) is 0. The van der Waals surface area contributed by atoms with Crippen molar-refractivity contribution >= 4 is 23.3 Å². The van der Waals surface area contributed by atoms with Crippen LogP contribution in [0.4, 0.5) is 0 Å². The van der Waals surface area contributed by atoms with Crippen LogP contribution in [0.15, 0.2) is 24.4 Å². The van der Waals surface area contributed by atoms with Gasteiger partial charge in [-0.2, -0.15) is 5.10 Å². The minimum atomic E-state index is 0. The fourth-order valence-electron chi connectivity index (χ4n) is 2.56. The lowest BCUT2D eigenvalue weighted by Crippen LogP contribution is -2.48. The lowest BCUT2D eigenvalue weighted by atomic mass is 10.1. The van der Waals surface area contributed by atoms with Gasteiger partial charge in [0.1, 0.15) is 0 Å². The van der Waals surface area contributed by atoms with Crippen LogP contribution in [-0.4, -0.2) is 40.8 Å². The second-order valence-electron chi connectivity index (χ2n) is 4.84. The minimum Gasteiger partial charge on any atom is -0.312 e. The molecule has 1 aromatic carbocycles. The van der Waals surface area contributed by atoms with Gasteiger partial charge in [0.05, 0.1) is 11.7 Å². The Balaban J connectivity index is 0.00000120. The van der Waals surface area contributed by atoms with Crippen molar-refractivity contribution < 1.29 is 0 Å². The summed E-state index contributed by atoms with van der Waals surface area (Å²) >= 11 is 0. The standard InChI is InChI=1S/C13H18N4.ClH/c1-10-8-17(6-5-14-10)9-12-4-2-3-11-7-15-16-13(11)12;/h2-4,7,10,14H,5-6,8-9H2,1H3,(H,15,16);1H/t10-;/m0./s1. The molecule has 5 heteroatoms. The van der Waals surface area contributed by atoms with Gasteiger partial charge in [0.15, 0.2) is 0 Å². The van der Waals surface area contributed by atoms with Crippen LogP contribution in [0.5, 0.6) is 0 Å². The SMILES string of the molecule is C[C@H]1CN(Cc2cccc3cn[nH]c23)CCN1.Cl. The predicted octanol–water partition coefficient (Wildman–Crippen LogP) is 1.78. The Morgan fingerprint density at radius 1 is 1.44 bits per heavy atom. The Labute approximate surface area is 113 Å². The van der Waals surface area contributed by atoms with Crippen molar-refractivity contribution in [2.24, 2.45) is 0 Å². The van der Waals surface area contributed by atoms with Gasteiger partial charge in [0.25, 0.3) is 0 Å². The highest BCUT2D eigenvalue weighted by molar-refractivity contribution is 5.85. The topological polar surface area (TPSA) is 44.0 Å². The molecule has 98 valence electrons. The number of nitrogens with zero attached hydrogens (tertiary/aromatic N) is 2. The smallest absolute Gasteiger partial charge is 0.0695 e. The maximum Gasteiger partial charge on any atom is 0.0695 e. The van der Waals surface area contributed by atoms with Crippen molar-refractivity contribution in [2.75, 3.05) is 19.6 Å². The van der Waals surface area contributed by atoms with E-state index in [0.717, 1.165) is 26.2 Å². The molecule has 0 amide bonds. The number of benzene rings is 1. The van der Waals surface area contributed by atoms with E-state index in [1.165, 1.54) is 16.5 Å². The number of halogens is 1. The summed E-state index contributed by atoms with van der Waals surface area (Å²) in [6.07, 6.45) is 1.89. The number of aromatic amines is 1. The van der Waals surface area contributed by atoms with Crippen LogP contribution >= 0.6 is 12.4 Å². The van der Waals surface area contributed by atoms with E-state index in [0.29, 0.717) is 6.04 Å². The Bertz CT molecular complexity index is 510. The molecule has 2 aromatic rings. The van der Waals surface area contributed by atoms with Crippen LogP contribution in [0.3, 0.4) is 0 Å². The van der Waals surface area contributed by atoms with E-state index in [-0.39, 0.29) is 12.4 Å². The summed E-state index contributed by atoms with van der Waals surface area (Å²) in [7, 11) is 0. The number of aromatic nitrogens is 2. The normalized spacial score (nSPS) is 20.8. The zero-order valence-electron chi connectivity index (χ0n) is 10.5. The average molecular weight is 267 g/mol. The summed E-state index contributed by atoms with van der Waals surface area (Å²) < 4.78 is 0. The zero-order chi connectivity index (χ0) is 11.7. The number of nitrogens with one attached hydrogen (secondary N) is 2. The van der Waals surface area contributed by atoms with Crippen molar-refractivity contribution in [1.29, 1.82) is 0 Å². The van der Waals surface area contributed by atoms with Crippen LogP contribution in [0.2, 0.25) is 0 Å². The van der Waals surface area contributed by atoms with E-state index in [9.17, 15) is 0 Å². The molecule has 1 fully saturated rings. The lowest BCUT2D eigenvalue weighted by molar-refractivity contribution is 0.200. The third-order valence-electron chi connectivity index (χ3n) is 3.41. The van der Waals surface area contributed by atoms with Gasteiger partial charge in [-0.1, -0.05) is 18.2 Å². The molecule has 0 unspecified atom stereocenters. The first-order valence-electron chi connectivity index (χ1n) is 6.19. The van der Waals surface area contributed by atoms with Crippen molar-refractivity contribution in [3.63, 3.8) is 0 Å². The summed E-state index contributed by atoms with van der Waals surface area (Å²) in [4.78, 5) is 2.50. The van der Waals surface area contributed by atoms with E-state index in [4.69, 9.17) is 0 Å². The molecular weight excluding hydrogens is 248 g/mol. The summed E-state index contributed by atoms with van der Waals surface area (Å²) in [5, 5.41) is 11.9. The molecule has 1 aliphatic rings. The van der Waals surface area contributed by atoms with Crippen molar-refractivity contribution in [3.8, 4) is 0 Å². The molecule has 0 spiro atoms. The van der Waals surface area contributed by atoms with Gasteiger partial charge >= 0.3 is 0 Å². The maximum absolute atomic E-state index is 4.11. The quantitative estimate of drug-likeness (QED) is 0.871. The van der Waals surface area contributed by atoms with E-state index < -0.39 is 0 Å². The largest absolute Gasteiger partial charge is 0.312 e. The molecule has 0 bridgehead atoms. The number of fused-ring (bicyclic) bond motifs is 1. The number of piperazine rings is 1. The Kier molecular flexibility index (Phi) is 4.22. The maximum atomic E-state index is 4.11. The minimum absolute atomic E-state index is 0. The second-order valence-corrected chi connectivity index (χ2v) is 4.84. The van der Waals surface area contributed by atoms with E-state index >= 15 is 0 Å². The van der Waals surface area contributed by atoms with E-state index in [1.807, 2.05) is 6.20 Å². The van der Waals surface area contributed by atoms with E-state index in [1.54, 1.807) is 0 Å². The van der Waals surface area contributed by atoms with Gasteiger partial charge in [-0.3, -0.25) is 10.00 Å². The Morgan fingerprint density at radius 3 is 3.17 bits per heavy atom. The molecule has 0 saturated carbocycles. The highest BCUT2D eigenvalue weighted by Crippen LogP contribution is 2.17. The number of hydrogen-bond donors (Lipinski definition) is 2. The third-order valence-corrected chi connectivity index (χ3v) is 3.41. The fraction of sp³-hybridized carbons (Fsp3) is 0.462. The molecule has 18 heavy (non-hydrogen) atoms. The fourth-order valence-corrected chi connectivity index (χ4v) is 2.56. The number of rotatable bonds is 2. The van der Waals surface area contributed by atoms with Crippen LogP contribution in [-0.2, 0) is 6.54 Å². The van der Waals surface area contributed by atoms with Crippen LogP contribution < -0.4 is 5.32 Å². The molecule has 1 aromatic heterocycles. The van der Waals surface area contributed by atoms with Crippen LogP contribution in [0.1, 0.15) is 12.5 Å². The van der Waals surface area contributed by atoms with Crippen LogP contribution in [0, 0.1) is 0 Å². The highest BCUT2D eigenvalue weighted by Gasteiger charge is 2.16. The summed E-state index contributed by atoms with van der Waals surface area (Å²) in [6.45, 7) is 6.56. The first-order chi connectivity index (χ1) is 8.33. The van der Waals surface area contributed by atoms with Gasteiger partial charge in [-0.25, -0.2) is 0 Å². The number of H-pyrrole nitrogens is 1. The molecule has 1 saturated heterocycles. The molecule has 2 N–H and O–H groups in total. The van der Waals surface area contributed by atoms with Crippen molar-refractivity contribution in [2.45, 2.75) is 19.5 Å². The molecule has 0 radical (unpaired) electrons. The Hall–Kier alpha value is -1.10. The molecule has 0 aliphatic carbocycles. The van der Waals surface area contributed by atoms with E-state index in [2.05, 4.69) is 45.5 Å². The predicted molar refractivity (Wildman–Crippen MR) is 76.1 cm³/mol. The summed E-state index contributed by atoms with van der Waals surface area (Å²) in [5.41, 5.74) is 2.52. The average Bonchev–Trinajstić information content (AvgIpc) is 2.78. The Morgan fingerprint density at radius 2 is 2.33 bits per heavy atom. The molecule has 1 aliphatic heterocycles. The van der Waals surface area contributed by atoms with Crippen LogP contribution in [0.25, 0.3) is 10.9 Å². The van der Waals surface area contributed by atoms with Crippen molar-refractivity contribution in [3.05, 3.63) is 30.0 Å². The van der Waals surface area contributed by atoms with Gasteiger partial charge < -0.3 is 5.32 Å². The third kappa shape index (κ3) is 2.66. The number of para-hydroxylation sites is 1. The first-order valence-corrected chi connectivity index (χ1v) is 6.19. The molecular formula is C13H19ClN4. The number of hydrogen-bond acceptors (Lipinski definition) is 3. The zero-order valence-corrected chi connectivity index (χ0v) is 11.3. The lowest BCUT2D eigenvalue weighted by Gasteiger charge is -2.31. The van der Waals surface area contributed by atoms with Gasteiger partial charge in [0.2, 0.25) is 0 Å². The van der Waals surface area contributed by atoms with Gasteiger partial charge in [-0.15, -0.1) is 12.4 Å². The van der Waals surface area contributed by atoms with Gasteiger partial charge in [0, 0.05) is 37.6 Å². The molecule has 1 atom stereocenters. The second kappa shape index (κ2) is 5.69. The molecule has 4 nitrogen and oxygen atoms in total. The molecule has 3 rings (SSSR count). The summed E-state index contributed by atoms with van der Waals surface area (Å²) in [6, 6.07) is 6.99. The van der Waals surface area contributed by atoms with Crippen molar-refractivity contribution in [1.82, 2.24) is 20.4 Å². The first kappa shape index (κ1) is 13.3. The van der Waals surface area contributed by atoms with Gasteiger partial charge in [-0.05, 0) is 12.5 Å². The molecule has 2 heterocycles. The highest BCUT2D eigenvalue weighted by atomic mass is 35.5. The monoisotopic (exact) mass is 266 g/mol.